The first-order chi connectivity index (χ1) is 31.9. The fourth-order valence-corrected chi connectivity index (χ4v) is 10.8. The molecule has 0 saturated heterocycles. The third-order valence-electron chi connectivity index (χ3n) is 15.1. The van der Waals surface area contributed by atoms with Crippen LogP contribution in [0.4, 0.5) is 0 Å². The van der Waals surface area contributed by atoms with E-state index in [9.17, 15) is 9.59 Å². The maximum absolute atomic E-state index is 13.1. The van der Waals surface area contributed by atoms with Crippen molar-refractivity contribution in [1.82, 2.24) is 0 Å². The van der Waals surface area contributed by atoms with E-state index < -0.39 is 0 Å². The molecule has 0 radical (unpaired) electrons. The van der Waals surface area contributed by atoms with E-state index in [-0.39, 0.29) is 35.8 Å². The molecule has 0 amide bonds. The maximum Gasteiger partial charge on any atom is 0.309 e. The molecule has 5 aliphatic rings. The van der Waals surface area contributed by atoms with Crippen LogP contribution in [-0.4, -0.2) is 101 Å². The highest BCUT2D eigenvalue weighted by atomic mass is 16.5. The van der Waals surface area contributed by atoms with Gasteiger partial charge in [-0.05, 0) is 161 Å². The van der Waals surface area contributed by atoms with Crippen molar-refractivity contribution < 1.29 is 42.7 Å². The van der Waals surface area contributed by atoms with Gasteiger partial charge in [0, 0.05) is 32.3 Å². The number of ether oxygens (including phenoxy) is 7. The van der Waals surface area contributed by atoms with Gasteiger partial charge in [-0.15, -0.1) is 0 Å². The molecule has 0 aromatic carbocycles. The maximum atomic E-state index is 13.1. The Morgan fingerprint density at radius 2 is 0.846 bits per heavy atom. The van der Waals surface area contributed by atoms with Gasteiger partial charge in [0.25, 0.3) is 0 Å². The van der Waals surface area contributed by atoms with Crippen LogP contribution in [0.3, 0.4) is 0 Å². The Morgan fingerprint density at radius 1 is 0.462 bits per heavy atom. The number of hydrogen-bond donors (Lipinski definition) is 0. The second-order valence-electron chi connectivity index (χ2n) is 20.4. The number of unbranched alkanes of at least 4 members (excludes halogenated alkanes) is 10. The highest BCUT2D eigenvalue weighted by Crippen LogP contribution is 2.34. The first kappa shape index (κ1) is 53.8. The summed E-state index contributed by atoms with van der Waals surface area (Å²) in [5.74, 6) is -0.964. The van der Waals surface area contributed by atoms with E-state index in [1.54, 1.807) is 0 Å². The average molecular weight is 914 g/mol. The number of hydrogen-bond acceptors (Lipinski definition) is 12. The third-order valence-corrected chi connectivity index (χ3v) is 15.1. The monoisotopic (exact) mass is 914 g/mol. The number of methoxy groups -OCH3 is 1. The van der Waals surface area contributed by atoms with E-state index in [0.29, 0.717) is 75.1 Å². The standard InChI is InChI=1S/C53H91N3O9/c1-3-4-5-6-11-32-61-47-24-28-49(29-25-47)65-50-30-26-48(27-31-50)62-34-13-9-10-15-36-64-53(58)43-37-42(52(57)59-2)38-51(39-43)63-35-14-8-7-12-33-60-46-22-20-45(21-23-46)56-55-44-18-16-41(40-54)17-19-44/h41-51H,3-39H2,1-2H3. The van der Waals surface area contributed by atoms with Crippen molar-refractivity contribution in [2.75, 3.05) is 40.1 Å². The molecule has 3 atom stereocenters. The molecular weight excluding hydrogens is 823 g/mol. The van der Waals surface area contributed by atoms with E-state index >= 15 is 0 Å². The molecule has 5 rings (SSSR count). The number of nitriles is 1. The van der Waals surface area contributed by atoms with Gasteiger partial charge >= 0.3 is 11.9 Å². The van der Waals surface area contributed by atoms with Crippen LogP contribution in [0, 0.1) is 29.1 Å². The number of azo groups is 1. The predicted octanol–water partition coefficient (Wildman–Crippen LogP) is 12.1. The normalized spacial score (nSPS) is 31.1. The van der Waals surface area contributed by atoms with Crippen LogP contribution >= 0.6 is 0 Å². The molecule has 5 fully saturated rings. The number of esters is 2. The van der Waals surface area contributed by atoms with Crippen molar-refractivity contribution in [2.24, 2.45) is 28.0 Å². The first-order valence-electron chi connectivity index (χ1n) is 27.1. The lowest BCUT2D eigenvalue weighted by molar-refractivity contribution is -0.158. The second kappa shape index (κ2) is 32.6. The Hall–Kier alpha value is -2.17. The predicted molar refractivity (Wildman–Crippen MR) is 253 cm³/mol. The number of nitrogens with zero attached hydrogens (tertiary/aromatic N) is 3. The molecular formula is C53H91N3O9. The third kappa shape index (κ3) is 21.8. The first-order valence-corrected chi connectivity index (χ1v) is 27.1. The quantitative estimate of drug-likeness (QED) is 0.0387. The minimum atomic E-state index is -0.346. The van der Waals surface area contributed by atoms with E-state index in [1.807, 2.05) is 0 Å². The van der Waals surface area contributed by atoms with Gasteiger partial charge in [-0.25, -0.2) is 0 Å². The van der Waals surface area contributed by atoms with Gasteiger partial charge in [0.1, 0.15) is 0 Å². The average Bonchev–Trinajstić information content (AvgIpc) is 3.34. The van der Waals surface area contributed by atoms with Crippen LogP contribution in [0.5, 0.6) is 0 Å². The summed E-state index contributed by atoms with van der Waals surface area (Å²) in [7, 11) is 1.41. The Labute approximate surface area is 394 Å². The van der Waals surface area contributed by atoms with Crippen LogP contribution in [0.25, 0.3) is 0 Å². The largest absolute Gasteiger partial charge is 0.469 e. The molecule has 0 heterocycles. The summed E-state index contributed by atoms with van der Waals surface area (Å²) in [4.78, 5) is 25.7. The molecule has 5 saturated carbocycles. The smallest absolute Gasteiger partial charge is 0.309 e. The molecule has 0 bridgehead atoms. The van der Waals surface area contributed by atoms with Crippen molar-refractivity contribution in [3.8, 4) is 6.07 Å². The molecule has 0 aliphatic heterocycles. The zero-order valence-corrected chi connectivity index (χ0v) is 41.0. The molecule has 12 nitrogen and oxygen atoms in total. The molecule has 0 aromatic rings. The Balaban J connectivity index is 0.819. The molecule has 12 heteroatoms. The molecule has 0 spiro atoms. The number of carbonyl (C=O) groups is 2. The Morgan fingerprint density at radius 3 is 1.29 bits per heavy atom. The van der Waals surface area contributed by atoms with E-state index in [0.717, 1.165) is 174 Å². The van der Waals surface area contributed by atoms with E-state index in [1.165, 1.54) is 39.2 Å². The summed E-state index contributed by atoms with van der Waals surface area (Å²) in [6.07, 6.45) is 34.9. The fourth-order valence-electron chi connectivity index (χ4n) is 10.8. The summed E-state index contributed by atoms with van der Waals surface area (Å²) >= 11 is 0. The summed E-state index contributed by atoms with van der Waals surface area (Å²) < 4.78 is 42.2. The zero-order valence-electron chi connectivity index (χ0n) is 41.0. The summed E-state index contributed by atoms with van der Waals surface area (Å²) in [6.45, 7) is 5.79. The molecule has 0 N–H and O–H groups in total. The minimum Gasteiger partial charge on any atom is -0.469 e. The zero-order chi connectivity index (χ0) is 45.7. The van der Waals surface area contributed by atoms with Gasteiger partial charge in [-0.2, -0.15) is 15.5 Å². The molecule has 65 heavy (non-hydrogen) atoms. The van der Waals surface area contributed by atoms with Gasteiger partial charge < -0.3 is 33.2 Å². The minimum absolute atomic E-state index is 0.149. The van der Waals surface area contributed by atoms with Crippen molar-refractivity contribution in [3.05, 3.63) is 0 Å². The lowest BCUT2D eigenvalue weighted by Crippen LogP contribution is -2.37. The molecule has 372 valence electrons. The molecule has 0 aromatic heterocycles. The Kier molecular flexibility index (Phi) is 26.9. The lowest BCUT2D eigenvalue weighted by Gasteiger charge is -2.34. The van der Waals surface area contributed by atoms with Crippen molar-refractivity contribution in [1.29, 1.82) is 5.26 Å². The topological polar surface area (TPSA) is 147 Å². The van der Waals surface area contributed by atoms with E-state index in [2.05, 4.69) is 23.2 Å². The van der Waals surface area contributed by atoms with Gasteiger partial charge in [0.05, 0.1) is 80.3 Å². The highest BCUT2D eigenvalue weighted by molar-refractivity contribution is 5.76. The van der Waals surface area contributed by atoms with Crippen molar-refractivity contribution >= 4 is 11.9 Å². The van der Waals surface area contributed by atoms with Crippen LogP contribution in [0.2, 0.25) is 0 Å². The second-order valence-corrected chi connectivity index (χ2v) is 20.4. The van der Waals surface area contributed by atoms with Crippen LogP contribution in [0.1, 0.15) is 212 Å². The van der Waals surface area contributed by atoms with Gasteiger partial charge in [0.2, 0.25) is 0 Å². The SMILES string of the molecule is CCCCCCCOC1CCC(OC2CCC(OCCCCCCOC(=O)C3CC(OCCCCCCOC4CCC(N=NC5CCC(C#N)CC5)CC4)CC(C(=O)OC)C3)CC2)CC1. The van der Waals surface area contributed by atoms with Gasteiger partial charge in [-0.3, -0.25) is 9.59 Å². The number of carbonyl (C=O) groups excluding carboxylic acids is 2. The molecule has 3 unspecified atom stereocenters. The van der Waals surface area contributed by atoms with Crippen LogP contribution < -0.4 is 0 Å². The number of rotatable bonds is 30. The van der Waals surface area contributed by atoms with Crippen molar-refractivity contribution in [3.63, 3.8) is 0 Å². The molecule has 5 aliphatic carbocycles. The van der Waals surface area contributed by atoms with E-state index in [4.69, 9.17) is 38.4 Å². The van der Waals surface area contributed by atoms with Crippen LogP contribution in [0.15, 0.2) is 10.2 Å². The van der Waals surface area contributed by atoms with Crippen molar-refractivity contribution in [2.45, 2.75) is 261 Å². The summed E-state index contributed by atoms with van der Waals surface area (Å²) in [5, 5.41) is 18.4. The summed E-state index contributed by atoms with van der Waals surface area (Å²) in [6, 6.07) is 3.02. The van der Waals surface area contributed by atoms with Crippen LogP contribution in [-0.2, 0) is 42.7 Å². The Bertz CT molecular complexity index is 1330. The summed E-state index contributed by atoms with van der Waals surface area (Å²) in [5.41, 5.74) is 0. The fraction of sp³-hybridized carbons (Fsp3) is 0.943. The van der Waals surface area contributed by atoms with Gasteiger partial charge in [-0.1, -0.05) is 51.9 Å². The lowest BCUT2D eigenvalue weighted by atomic mass is 9.79. The van der Waals surface area contributed by atoms with Gasteiger partial charge in [0.15, 0.2) is 0 Å². The highest BCUT2D eigenvalue weighted by Gasteiger charge is 2.38.